The van der Waals surface area contributed by atoms with Crippen LogP contribution in [0, 0.1) is 45.3 Å². The first-order chi connectivity index (χ1) is 16.7. The van der Waals surface area contributed by atoms with Gasteiger partial charge in [0.15, 0.2) is 22.3 Å². The summed E-state index contributed by atoms with van der Waals surface area (Å²) in [4.78, 5) is 8.76. The molecular formula is C26H10N6O2. The van der Waals surface area contributed by atoms with E-state index in [0.29, 0.717) is 22.3 Å². The molecule has 0 saturated heterocycles. The second-order valence-electron chi connectivity index (χ2n) is 7.07. The SMILES string of the molecule is N#CC(C#N)=c1nc2c(o1)c(-c1ccccc1)c(-c1ccccc1)c1oc(=C(C#N)C#N)nc12. The van der Waals surface area contributed by atoms with E-state index in [1.54, 1.807) is 24.3 Å². The first-order valence-corrected chi connectivity index (χ1v) is 9.93. The van der Waals surface area contributed by atoms with Crippen LogP contribution in [-0.2, 0) is 0 Å². The molecule has 0 aliphatic rings. The number of nitriles is 4. The molecule has 0 N–H and O–H groups in total. The fraction of sp³-hybridized carbons (Fsp3) is 0. The van der Waals surface area contributed by atoms with Gasteiger partial charge in [-0.2, -0.15) is 21.0 Å². The van der Waals surface area contributed by atoms with E-state index in [9.17, 15) is 21.0 Å². The van der Waals surface area contributed by atoms with E-state index >= 15 is 0 Å². The van der Waals surface area contributed by atoms with E-state index in [1.165, 1.54) is 0 Å². The molecule has 8 nitrogen and oxygen atoms in total. The summed E-state index contributed by atoms with van der Waals surface area (Å²) >= 11 is 0. The topological polar surface area (TPSA) is 147 Å². The predicted octanol–water partition coefficient (Wildman–Crippen LogP) is 3.70. The number of hydrogen-bond donors (Lipinski definition) is 0. The summed E-state index contributed by atoms with van der Waals surface area (Å²) in [5.41, 5.74) is 2.96. The van der Waals surface area contributed by atoms with Gasteiger partial charge in [0.25, 0.3) is 0 Å². The van der Waals surface area contributed by atoms with Crippen molar-refractivity contribution in [2.24, 2.45) is 0 Å². The fourth-order valence-corrected chi connectivity index (χ4v) is 3.74. The van der Waals surface area contributed by atoms with Crippen LogP contribution >= 0.6 is 0 Å². The third kappa shape index (κ3) is 3.05. The Kier molecular flexibility index (Phi) is 4.81. The molecule has 0 amide bonds. The van der Waals surface area contributed by atoms with Crippen LogP contribution in [0.2, 0.25) is 0 Å². The summed E-state index contributed by atoms with van der Waals surface area (Å²) in [7, 11) is 0. The van der Waals surface area contributed by atoms with Gasteiger partial charge >= 0.3 is 0 Å². The van der Waals surface area contributed by atoms with Crippen LogP contribution in [0.4, 0.5) is 0 Å². The molecule has 5 rings (SSSR count). The van der Waals surface area contributed by atoms with Crippen LogP contribution in [0.1, 0.15) is 0 Å². The van der Waals surface area contributed by atoms with Crippen molar-refractivity contribution in [2.75, 3.05) is 0 Å². The van der Waals surface area contributed by atoms with Crippen LogP contribution in [0.15, 0.2) is 69.5 Å². The Hall–Kier alpha value is -5.70. The highest BCUT2D eigenvalue weighted by molar-refractivity contribution is 6.15. The van der Waals surface area contributed by atoms with Crippen molar-refractivity contribution < 1.29 is 8.83 Å². The maximum Gasteiger partial charge on any atom is 0.249 e. The lowest BCUT2D eigenvalue weighted by Gasteiger charge is -2.11. The predicted molar refractivity (Wildman–Crippen MR) is 121 cm³/mol. The zero-order valence-corrected chi connectivity index (χ0v) is 17.3. The number of fused-ring (bicyclic) bond motifs is 3. The largest absolute Gasteiger partial charge is 0.434 e. The van der Waals surface area contributed by atoms with Gasteiger partial charge in [-0.1, -0.05) is 60.7 Å². The van der Waals surface area contributed by atoms with Gasteiger partial charge in [0.05, 0.1) is 0 Å². The number of aromatic nitrogens is 2. The zero-order chi connectivity index (χ0) is 23.7. The molecule has 0 aliphatic carbocycles. The second kappa shape index (κ2) is 8.09. The van der Waals surface area contributed by atoms with Gasteiger partial charge in [-0.05, 0) is 11.1 Å². The Labute approximate surface area is 191 Å². The molecule has 0 fully saturated rings. The molecule has 0 aliphatic heterocycles. The average Bonchev–Trinajstić information content (AvgIpc) is 3.51. The molecule has 0 bridgehead atoms. The molecule has 5 aromatic rings. The lowest BCUT2D eigenvalue weighted by atomic mass is 9.92. The van der Waals surface area contributed by atoms with Gasteiger partial charge < -0.3 is 8.83 Å². The van der Waals surface area contributed by atoms with Crippen LogP contribution in [0.3, 0.4) is 0 Å². The minimum Gasteiger partial charge on any atom is -0.434 e. The molecule has 0 radical (unpaired) electrons. The highest BCUT2D eigenvalue weighted by Crippen LogP contribution is 2.42. The summed E-state index contributed by atoms with van der Waals surface area (Å²) in [5.74, 6) is 0. The molecular weight excluding hydrogens is 428 g/mol. The van der Waals surface area contributed by atoms with Gasteiger partial charge in [0.1, 0.15) is 35.3 Å². The molecule has 0 atom stereocenters. The molecule has 156 valence electrons. The average molecular weight is 438 g/mol. The van der Waals surface area contributed by atoms with E-state index in [2.05, 4.69) is 9.97 Å². The first kappa shape index (κ1) is 20.2. The van der Waals surface area contributed by atoms with Crippen LogP contribution < -0.4 is 11.1 Å². The molecule has 3 aromatic carbocycles. The maximum absolute atomic E-state index is 9.36. The third-order valence-corrected chi connectivity index (χ3v) is 5.18. The Morgan fingerprint density at radius 1 is 0.559 bits per heavy atom. The van der Waals surface area contributed by atoms with Gasteiger partial charge in [0, 0.05) is 11.1 Å². The van der Waals surface area contributed by atoms with Gasteiger partial charge in [-0.15, -0.1) is 0 Å². The molecule has 0 unspecified atom stereocenters. The van der Waals surface area contributed by atoms with Crippen LogP contribution in [0.5, 0.6) is 0 Å². The molecule has 34 heavy (non-hydrogen) atoms. The van der Waals surface area contributed by atoms with Crippen molar-refractivity contribution in [1.82, 2.24) is 9.97 Å². The molecule has 2 aromatic heterocycles. The van der Waals surface area contributed by atoms with E-state index < -0.39 is 0 Å². The number of oxazole rings is 2. The van der Waals surface area contributed by atoms with Crippen molar-refractivity contribution in [3.8, 4) is 46.5 Å². The highest BCUT2D eigenvalue weighted by Gasteiger charge is 2.25. The molecule has 8 heteroatoms. The molecule has 2 heterocycles. The normalized spacial score (nSPS) is 10.2. The smallest absolute Gasteiger partial charge is 0.249 e. The fourth-order valence-electron chi connectivity index (χ4n) is 3.74. The standard InChI is InChI=1S/C26H10N6O2/c27-11-17(12-28)25-31-21-22-24(34-26(32-22)18(13-29)14-30)20(16-9-5-2-6-10-16)19(23(21)33-25)15-7-3-1-4-8-15/h1-10H. The van der Waals surface area contributed by atoms with Gasteiger partial charge in [-0.3, -0.25) is 0 Å². The molecule has 0 saturated carbocycles. The second-order valence-corrected chi connectivity index (χ2v) is 7.07. The van der Waals surface area contributed by atoms with E-state index in [0.717, 1.165) is 11.1 Å². The van der Waals surface area contributed by atoms with Crippen molar-refractivity contribution >= 4 is 33.3 Å². The van der Waals surface area contributed by atoms with E-state index in [1.807, 2.05) is 60.7 Å². The van der Waals surface area contributed by atoms with Gasteiger partial charge in [0.2, 0.25) is 11.1 Å². The summed E-state index contributed by atoms with van der Waals surface area (Å²) in [6.45, 7) is 0. The zero-order valence-electron chi connectivity index (χ0n) is 17.3. The van der Waals surface area contributed by atoms with Gasteiger partial charge in [-0.25, -0.2) is 9.97 Å². The van der Waals surface area contributed by atoms with Crippen molar-refractivity contribution in [3.63, 3.8) is 0 Å². The van der Waals surface area contributed by atoms with E-state index in [-0.39, 0.29) is 33.3 Å². The summed E-state index contributed by atoms with van der Waals surface area (Å²) in [6.07, 6.45) is 0. The summed E-state index contributed by atoms with van der Waals surface area (Å²) in [6, 6.07) is 25.9. The number of rotatable bonds is 2. The minimum absolute atomic E-state index is 0.155. The quantitative estimate of drug-likeness (QED) is 0.405. The Morgan fingerprint density at radius 3 is 1.24 bits per heavy atom. The lowest BCUT2D eigenvalue weighted by molar-refractivity contribution is 0.557. The monoisotopic (exact) mass is 438 g/mol. The minimum atomic E-state index is -0.297. The highest BCUT2D eigenvalue weighted by atomic mass is 16.3. The number of hydrogen-bond acceptors (Lipinski definition) is 8. The molecule has 0 spiro atoms. The summed E-state index contributed by atoms with van der Waals surface area (Å²) in [5, 5.41) is 37.4. The Balaban J connectivity index is 2.13. The van der Waals surface area contributed by atoms with Crippen molar-refractivity contribution in [3.05, 3.63) is 71.8 Å². The maximum atomic E-state index is 9.36. The Morgan fingerprint density at radius 2 is 0.912 bits per heavy atom. The lowest BCUT2D eigenvalue weighted by Crippen LogP contribution is -2.04. The third-order valence-electron chi connectivity index (χ3n) is 5.18. The van der Waals surface area contributed by atoms with Crippen LogP contribution in [-0.4, -0.2) is 9.97 Å². The van der Waals surface area contributed by atoms with Crippen LogP contribution in [0.25, 0.3) is 55.6 Å². The number of nitrogens with zero attached hydrogens (tertiary/aromatic N) is 6. The summed E-state index contributed by atoms with van der Waals surface area (Å²) < 4.78 is 12.0. The van der Waals surface area contributed by atoms with Crippen molar-refractivity contribution in [1.29, 1.82) is 21.0 Å². The first-order valence-electron chi connectivity index (χ1n) is 9.93. The number of benzene rings is 3. The van der Waals surface area contributed by atoms with Crippen molar-refractivity contribution in [2.45, 2.75) is 0 Å². The Bertz CT molecular complexity index is 1720. The van der Waals surface area contributed by atoms with E-state index in [4.69, 9.17) is 8.83 Å².